The van der Waals surface area contributed by atoms with Crippen molar-refractivity contribution >= 4 is 17.3 Å². The Hall–Kier alpha value is -0.350. The largest absolute Gasteiger partial charge is 0.375 e. The number of nitrogens with one attached hydrogen (secondary N) is 2. The summed E-state index contributed by atoms with van der Waals surface area (Å²) in [4.78, 5) is 0. The molecule has 98 valence electrons. The molecule has 1 heterocycles. The van der Waals surface area contributed by atoms with Gasteiger partial charge in [-0.1, -0.05) is 12.8 Å². The molecule has 3 nitrogen and oxygen atoms in total. The Labute approximate surface area is 110 Å². The van der Waals surface area contributed by atoms with Crippen LogP contribution in [0.15, 0.2) is 0 Å². The van der Waals surface area contributed by atoms with E-state index in [4.69, 9.17) is 17.0 Å². The van der Waals surface area contributed by atoms with Crippen LogP contribution in [0.4, 0.5) is 0 Å². The second-order valence-corrected chi connectivity index (χ2v) is 6.31. The van der Waals surface area contributed by atoms with Crippen LogP contribution in [0.1, 0.15) is 52.4 Å². The number of rotatable bonds is 2. The highest BCUT2D eigenvalue weighted by Gasteiger charge is 2.29. The maximum absolute atomic E-state index is 5.71. The van der Waals surface area contributed by atoms with E-state index in [1.165, 1.54) is 25.7 Å². The van der Waals surface area contributed by atoms with Gasteiger partial charge in [-0.2, -0.15) is 0 Å². The van der Waals surface area contributed by atoms with Gasteiger partial charge in [-0.05, 0) is 51.7 Å². The van der Waals surface area contributed by atoms with Gasteiger partial charge in [0.15, 0.2) is 5.11 Å². The van der Waals surface area contributed by atoms with E-state index in [9.17, 15) is 0 Å². The minimum atomic E-state index is -0.0150. The summed E-state index contributed by atoms with van der Waals surface area (Å²) in [5.74, 6) is 0. The highest BCUT2D eigenvalue weighted by atomic mass is 32.1. The predicted octanol–water partition coefficient (Wildman–Crippen LogP) is 2.35. The van der Waals surface area contributed by atoms with Crippen molar-refractivity contribution in [2.75, 3.05) is 6.61 Å². The topological polar surface area (TPSA) is 33.3 Å². The molecule has 0 aromatic rings. The fraction of sp³-hybridized carbons (Fsp3) is 0.923. The second kappa shape index (κ2) is 5.53. The summed E-state index contributed by atoms with van der Waals surface area (Å²) in [6, 6.07) is 1.06. The molecule has 1 saturated carbocycles. The van der Waals surface area contributed by atoms with Gasteiger partial charge < -0.3 is 15.4 Å². The van der Waals surface area contributed by atoms with Crippen molar-refractivity contribution in [3.05, 3.63) is 0 Å². The summed E-state index contributed by atoms with van der Waals surface area (Å²) >= 11 is 5.38. The standard InChI is InChI=1S/C13H24N2OS/c1-13(2)9-11(7-8-16-13)15-12(17)14-10-5-3-4-6-10/h10-11H,3-9H2,1-2H3,(H2,14,15,17). The molecular formula is C13H24N2OS. The highest BCUT2D eigenvalue weighted by molar-refractivity contribution is 7.80. The normalized spacial score (nSPS) is 28.9. The number of thiocarbonyl (C=S) groups is 1. The molecule has 17 heavy (non-hydrogen) atoms. The molecule has 2 rings (SSSR count). The van der Waals surface area contributed by atoms with Gasteiger partial charge in [0.05, 0.1) is 5.60 Å². The van der Waals surface area contributed by atoms with Gasteiger partial charge in [0.2, 0.25) is 0 Å². The third-order valence-corrected chi connectivity index (χ3v) is 3.96. The van der Waals surface area contributed by atoms with E-state index in [2.05, 4.69) is 24.5 Å². The van der Waals surface area contributed by atoms with E-state index < -0.39 is 0 Å². The molecule has 1 aliphatic heterocycles. The first kappa shape index (κ1) is 13.1. The summed E-state index contributed by atoms with van der Waals surface area (Å²) in [6.07, 6.45) is 7.28. The Kier molecular flexibility index (Phi) is 4.26. The Morgan fingerprint density at radius 1 is 1.12 bits per heavy atom. The van der Waals surface area contributed by atoms with Gasteiger partial charge in [0.25, 0.3) is 0 Å². The molecule has 0 radical (unpaired) electrons. The molecule has 2 aliphatic rings. The lowest BCUT2D eigenvalue weighted by Gasteiger charge is -2.36. The first-order valence-electron chi connectivity index (χ1n) is 6.76. The van der Waals surface area contributed by atoms with E-state index in [0.717, 1.165) is 24.6 Å². The molecule has 0 aromatic heterocycles. The van der Waals surface area contributed by atoms with Crippen LogP contribution in [-0.4, -0.2) is 29.4 Å². The Bertz CT molecular complexity index is 275. The van der Waals surface area contributed by atoms with Gasteiger partial charge in [-0.15, -0.1) is 0 Å². The Balaban J connectivity index is 1.74. The van der Waals surface area contributed by atoms with Crippen LogP contribution in [0.5, 0.6) is 0 Å². The monoisotopic (exact) mass is 256 g/mol. The van der Waals surface area contributed by atoms with Gasteiger partial charge in [0.1, 0.15) is 0 Å². The van der Waals surface area contributed by atoms with E-state index in [1.807, 2.05) is 0 Å². The zero-order valence-electron chi connectivity index (χ0n) is 10.9. The lowest BCUT2D eigenvalue weighted by Crippen LogP contribution is -2.50. The van der Waals surface area contributed by atoms with Crippen LogP contribution in [0.25, 0.3) is 0 Å². The fourth-order valence-corrected chi connectivity index (χ4v) is 3.17. The van der Waals surface area contributed by atoms with Crippen molar-refractivity contribution < 1.29 is 4.74 Å². The average molecular weight is 256 g/mol. The van der Waals surface area contributed by atoms with Crippen molar-refractivity contribution in [2.24, 2.45) is 0 Å². The molecule has 0 aromatic carbocycles. The molecule has 1 atom stereocenters. The van der Waals surface area contributed by atoms with Crippen LogP contribution in [0, 0.1) is 0 Å². The highest BCUT2D eigenvalue weighted by Crippen LogP contribution is 2.24. The van der Waals surface area contributed by atoms with Gasteiger partial charge in [-0.3, -0.25) is 0 Å². The molecule has 1 aliphatic carbocycles. The van der Waals surface area contributed by atoms with Crippen LogP contribution < -0.4 is 10.6 Å². The first-order valence-corrected chi connectivity index (χ1v) is 7.17. The van der Waals surface area contributed by atoms with Crippen LogP contribution >= 0.6 is 12.2 Å². The van der Waals surface area contributed by atoms with Crippen LogP contribution in [0.2, 0.25) is 0 Å². The van der Waals surface area contributed by atoms with Crippen molar-refractivity contribution in [2.45, 2.75) is 70.1 Å². The first-order chi connectivity index (χ1) is 8.05. The molecule has 1 saturated heterocycles. The minimum Gasteiger partial charge on any atom is -0.375 e. The van der Waals surface area contributed by atoms with E-state index in [0.29, 0.717) is 12.1 Å². The SMILES string of the molecule is CC1(C)CC(NC(=S)NC2CCCC2)CCO1. The number of hydrogen-bond donors (Lipinski definition) is 2. The third-order valence-electron chi connectivity index (χ3n) is 3.72. The maximum Gasteiger partial charge on any atom is 0.166 e. The van der Waals surface area contributed by atoms with Crippen LogP contribution in [0.3, 0.4) is 0 Å². The molecule has 4 heteroatoms. The lowest BCUT2D eigenvalue weighted by atomic mass is 9.94. The summed E-state index contributed by atoms with van der Waals surface area (Å²) < 4.78 is 5.71. The third kappa shape index (κ3) is 4.11. The van der Waals surface area contributed by atoms with Gasteiger partial charge in [0, 0.05) is 18.7 Å². The molecule has 0 amide bonds. The molecule has 2 fully saturated rings. The van der Waals surface area contributed by atoms with Crippen LogP contribution in [-0.2, 0) is 4.74 Å². The zero-order chi connectivity index (χ0) is 12.3. The fourth-order valence-electron chi connectivity index (χ4n) is 2.84. The van der Waals surface area contributed by atoms with Crippen molar-refractivity contribution in [1.82, 2.24) is 10.6 Å². The summed E-state index contributed by atoms with van der Waals surface area (Å²) in [5.41, 5.74) is -0.0150. The quantitative estimate of drug-likeness (QED) is 0.743. The van der Waals surface area contributed by atoms with E-state index >= 15 is 0 Å². The summed E-state index contributed by atoms with van der Waals surface area (Å²) in [7, 11) is 0. The molecule has 1 unspecified atom stereocenters. The maximum atomic E-state index is 5.71. The zero-order valence-corrected chi connectivity index (χ0v) is 11.7. The number of hydrogen-bond acceptors (Lipinski definition) is 2. The molecular weight excluding hydrogens is 232 g/mol. The summed E-state index contributed by atoms with van der Waals surface area (Å²) in [6.45, 7) is 5.12. The second-order valence-electron chi connectivity index (χ2n) is 5.90. The minimum absolute atomic E-state index is 0.0150. The van der Waals surface area contributed by atoms with E-state index in [-0.39, 0.29) is 5.60 Å². The van der Waals surface area contributed by atoms with E-state index in [1.54, 1.807) is 0 Å². The van der Waals surface area contributed by atoms with Gasteiger partial charge >= 0.3 is 0 Å². The Morgan fingerprint density at radius 2 is 1.76 bits per heavy atom. The molecule has 2 N–H and O–H groups in total. The molecule has 0 bridgehead atoms. The molecule has 0 spiro atoms. The van der Waals surface area contributed by atoms with Crippen molar-refractivity contribution in [3.8, 4) is 0 Å². The van der Waals surface area contributed by atoms with Crippen molar-refractivity contribution in [3.63, 3.8) is 0 Å². The summed E-state index contributed by atoms with van der Waals surface area (Å²) in [5, 5.41) is 7.71. The number of ether oxygens (including phenoxy) is 1. The smallest absolute Gasteiger partial charge is 0.166 e. The predicted molar refractivity (Wildman–Crippen MR) is 74.2 cm³/mol. The average Bonchev–Trinajstić information content (AvgIpc) is 2.68. The lowest BCUT2D eigenvalue weighted by molar-refractivity contribution is -0.0604. The van der Waals surface area contributed by atoms with Crippen molar-refractivity contribution in [1.29, 1.82) is 0 Å². The van der Waals surface area contributed by atoms with Gasteiger partial charge in [-0.25, -0.2) is 0 Å². The Morgan fingerprint density at radius 3 is 2.41 bits per heavy atom.